The fourth-order valence-electron chi connectivity index (χ4n) is 2.11. The highest BCUT2D eigenvalue weighted by Crippen LogP contribution is 2.28. The molecule has 1 aromatic heterocycles. The molecule has 0 radical (unpaired) electrons. The van der Waals surface area contributed by atoms with Gasteiger partial charge in [0.2, 0.25) is 5.88 Å². The molecule has 1 N–H and O–H groups in total. The van der Waals surface area contributed by atoms with Gasteiger partial charge in [0, 0.05) is 23.8 Å². The van der Waals surface area contributed by atoms with Crippen molar-refractivity contribution in [1.82, 2.24) is 9.78 Å². The molecule has 0 fully saturated rings. The number of aromatic nitrogens is 2. The third-order valence-corrected chi connectivity index (χ3v) is 4.18. The summed E-state index contributed by atoms with van der Waals surface area (Å²) >= 11 is 3.60. The van der Waals surface area contributed by atoms with Gasteiger partial charge >= 0.3 is 0 Å². The summed E-state index contributed by atoms with van der Waals surface area (Å²) in [6, 6.07) is 6.16. The first kappa shape index (κ1) is 13.9. The van der Waals surface area contributed by atoms with Crippen LogP contribution in [0.15, 0.2) is 22.7 Å². The van der Waals surface area contributed by atoms with Crippen molar-refractivity contribution in [2.75, 3.05) is 12.4 Å². The molecular weight excluding hydrogens is 306 g/mol. The summed E-state index contributed by atoms with van der Waals surface area (Å²) in [5.74, 6) is 0.800. The molecule has 19 heavy (non-hydrogen) atoms. The first-order valence-electron chi connectivity index (χ1n) is 6.10. The second-order valence-electron chi connectivity index (χ2n) is 4.49. The van der Waals surface area contributed by atoms with Crippen LogP contribution in [0.2, 0.25) is 0 Å². The average Bonchev–Trinajstić information content (AvgIpc) is 2.65. The Morgan fingerprint density at radius 3 is 2.79 bits per heavy atom. The van der Waals surface area contributed by atoms with Gasteiger partial charge in [0.1, 0.15) is 0 Å². The maximum atomic E-state index is 5.39. The lowest BCUT2D eigenvalue weighted by molar-refractivity contribution is 0.370. The summed E-state index contributed by atoms with van der Waals surface area (Å²) in [6.45, 7) is 4.75. The van der Waals surface area contributed by atoms with Gasteiger partial charge in [-0.2, -0.15) is 5.10 Å². The van der Waals surface area contributed by atoms with E-state index in [1.165, 1.54) is 5.56 Å². The van der Waals surface area contributed by atoms with Crippen LogP contribution in [0.25, 0.3) is 0 Å². The lowest BCUT2D eigenvalue weighted by atomic mass is 10.2. The van der Waals surface area contributed by atoms with Gasteiger partial charge in [-0.25, -0.2) is 4.68 Å². The largest absolute Gasteiger partial charge is 0.481 e. The van der Waals surface area contributed by atoms with Crippen molar-refractivity contribution in [2.45, 2.75) is 20.4 Å². The van der Waals surface area contributed by atoms with Crippen LogP contribution in [0.1, 0.15) is 16.8 Å². The molecule has 5 heteroatoms. The minimum absolute atomic E-state index is 0.685. The SMILES string of the molecule is COc1c(CNc2cccc(C)c2Br)c(C)nn1C. The number of anilines is 1. The van der Waals surface area contributed by atoms with E-state index in [0.717, 1.165) is 27.3 Å². The minimum atomic E-state index is 0.685. The fraction of sp³-hybridized carbons (Fsp3) is 0.357. The average molecular weight is 324 g/mol. The summed E-state index contributed by atoms with van der Waals surface area (Å²) in [4.78, 5) is 0. The van der Waals surface area contributed by atoms with E-state index >= 15 is 0 Å². The molecule has 0 saturated heterocycles. The number of methoxy groups -OCH3 is 1. The number of aryl methyl sites for hydroxylation is 3. The predicted octanol–water partition coefficient (Wildman–Crippen LogP) is 3.42. The number of hydrogen-bond donors (Lipinski definition) is 1. The van der Waals surface area contributed by atoms with Crippen molar-refractivity contribution in [2.24, 2.45) is 7.05 Å². The molecule has 0 spiro atoms. The predicted molar refractivity (Wildman–Crippen MR) is 80.7 cm³/mol. The number of nitrogens with zero attached hydrogens (tertiary/aromatic N) is 2. The molecule has 0 aliphatic carbocycles. The second kappa shape index (κ2) is 5.65. The standard InChI is InChI=1S/C14H18BrN3O/c1-9-6-5-7-12(13(9)15)16-8-11-10(2)17-18(3)14(11)19-4/h5-7,16H,8H2,1-4H3. The molecule has 1 heterocycles. The zero-order valence-electron chi connectivity index (χ0n) is 11.6. The van der Waals surface area contributed by atoms with E-state index in [-0.39, 0.29) is 0 Å². The van der Waals surface area contributed by atoms with Gasteiger partial charge < -0.3 is 10.1 Å². The van der Waals surface area contributed by atoms with Gasteiger partial charge in [-0.3, -0.25) is 0 Å². The van der Waals surface area contributed by atoms with E-state index in [4.69, 9.17) is 4.74 Å². The Labute approximate surface area is 121 Å². The van der Waals surface area contributed by atoms with Gasteiger partial charge in [-0.05, 0) is 41.4 Å². The highest BCUT2D eigenvalue weighted by molar-refractivity contribution is 9.10. The Morgan fingerprint density at radius 1 is 1.37 bits per heavy atom. The molecule has 0 unspecified atom stereocenters. The number of benzene rings is 1. The van der Waals surface area contributed by atoms with E-state index in [9.17, 15) is 0 Å². The van der Waals surface area contributed by atoms with Crippen LogP contribution < -0.4 is 10.1 Å². The van der Waals surface area contributed by atoms with Gasteiger partial charge in [0.25, 0.3) is 0 Å². The molecule has 0 bridgehead atoms. The molecule has 0 saturated carbocycles. The monoisotopic (exact) mass is 323 g/mol. The summed E-state index contributed by atoms with van der Waals surface area (Å²) in [6.07, 6.45) is 0. The number of nitrogens with one attached hydrogen (secondary N) is 1. The highest BCUT2D eigenvalue weighted by atomic mass is 79.9. The van der Waals surface area contributed by atoms with E-state index < -0.39 is 0 Å². The minimum Gasteiger partial charge on any atom is -0.481 e. The summed E-state index contributed by atoms with van der Waals surface area (Å²) < 4.78 is 8.24. The molecule has 2 aromatic rings. The summed E-state index contributed by atoms with van der Waals surface area (Å²) in [7, 11) is 3.56. The fourth-order valence-corrected chi connectivity index (χ4v) is 2.51. The zero-order chi connectivity index (χ0) is 14.0. The topological polar surface area (TPSA) is 39.1 Å². The number of rotatable bonds is 4. The van der Waals surface area contributed by atoms with Gasteiger partial charge in [0.05, 0.1) is 18.4 Å². The van der Waals surface area contributed by atoms with Crippen molar-refractivity contribution in [3.8, 4) is 5.88 Å². The number of halogens is 1. The van der Waals surface area contributed by atoms with Crippen LogP contribution in [0.3, 0.4) is 0 Å². The van der Waals surface area contributed by atoms with Crippen LogP contribution in [-0.2, 0) is 13.6 Å². The van der Waals surface area contributed by atoms with Crippen LogP contribution >= 0.6 is 15.9 Å². The van der Waals surface area contributed by atoms with E-state index in [2.05, 4.69) is 45.4 Å². The molecule has 2 rings (SSSR count). The number of hydrogen-bond acceptors (Lipinski definition) is 3. The maximum Gasteiger partial charge on any atom is 0.216 e. The third-order valence-electron chi connectivity index (χ3n) is 3.13. The highest BCUT2D eigenvalue weighted by Gasteiger charge is 2.13. The van der Waals surface area contributed by atoms with Crippen LogP contribution in [0.5, 0.6) is 5.88 Å². The smallest absolute Gasteiger partial charge is 0.216 e. The lowest BCUT2D eigenvalue weighted by Gasteiger charge is -2.11. The van der Waals surface area contributed by atoms with E-state index in [0.29, 0.717) is 6.54 Å². The van der Waals surface area contributed by atoms with Crippen molar-refractivity contribution in [1.29, 1.82) is 0 Å². The first-order chi connectivity index (χ1) is 9.04. The van der Waals surface area contributed by atoms with Gasteiger partial charge in [-0.15, -0.1) is 0 Å². The van der Waals surface area contributed by atoms with E-state index in [1.54, 1.807) is 11.8 Å². The summed E-state index contributed by atoms with van der Waals surface area (Å²) in [5.41, 5.74) is 4.35. The quantitative estimate of drug-likeness (QED) is 0.937. The van der Waals surface area contributed by atoms with Crippen LogP contribution in [0.4, 0.5) is 5.69 Å². The van der Waals surface area contributed by atoms with Crippen molar-refractivity contribution >= 4 is 21.6 Å². The first-order valence-corrected chi connectivity index (χ1v) is 6.89. The third kappa shape index (κ3) is 2.76. The molecule has 0 amide bonds. The van der Waals surface area contributed by atoms with E-state index in [1.807, 2.05) is 20.0 Å². The number of ether oxygens (including phenoxy) is 1. The molecule has 4 nitrogen and oxygen atoms in total. The summed E-state index contributed by atoms with van der Waals surface area (Å²) in [5, 5.41) is 7.79. The van der Waals surface area contributed by atoms with Crippen LogP contribution in [0, 0.1) is 13.8 Å². The van der Waals surface area contributed by atoms with Gasteiger partial charge in [-0.1, -0.05) is 12.1 Å². The second-order valence-corrected chi connectivity index (χ2v) is 5.28. The Balaban J connectivity index is 2.21. The normalized spacial score (nSPS) is 10.6. The Bertz CT molecular complexity index is 593. The van der Waals surface area contributed by atoms with Crippen molar-refractivity contribution in [3.63, 3.8) is 0 Å². The van der Waals surface area contributed by atoms with Crippen LogP contribution in [-0.4, -0.2) is 16.9 Å². The molecule has 0 atom stereocenters. The molecule has 102 valence electrons. The Morgan fingerprint density at radius 2 is 2.11 bits per heavy atom. The molecule has 1 aromatic carbocycles. The van der Waals surface area contributed by atoms with Gasteiger partial charge in [0.15, 0.2) is 0 Å². The molecular formula is C14H18BrN3O. The Hall–Kier alpha value is -1.49. The Kier molecular flexibility index (Phi) is 4.14. The molecule has 0 aliphatic heterocycles. The molecule has 0 aliphatic rings. The lowest BCUT2D eigenvalue weighted by Crippen LogP contribution is -2.03. The van der Waals surface area contributed by atoms with Crippen molar-refractivity contribution < 1.29 is 4.74 Å². The van der Waals surface area contributed by atoms with Crippen molar-refractivity contribution in [3.05, 3.63) is 39.5 Å². The maximum absolute atomic E-state index is 5.39. The zero-order valence-corrected chi connectivity index (χ0v) is 13.2.